The molecule has 1 N–H and O–H groups in total. The molecule has 186 valence electrons. The topological polar surface area (TPSA) is 73.9 Å². The average Bonchev–Trinajstić information content (AvgIpc) is 2.80. The highest BCUT2D eigenvalue weighted by atomic mass is 79.9. The largest absolute Gasteiger partial charge is 0.491 e. The molecular weight excluding hydrogens is 510 g/mol. The molecule has 2 atom stereocenters. The normalized spacial score (nSPS) is 19.9. The summed E-state index contributed by atoms with van der Waals surface area (Å²) >= 11 is 3.60. The molecule has 0 aromatic heterocycles. The number of ketones is 1. The van der Waals surface area contributed by atoms with Crippen molar-refractivity contribution in [3.05, 3.63) is 63.3 Å². The van der Waals surface area contributed by atoms with Gasteiger partial charge in [-0.05, 0) is 91.4 Å². The van der Waals surface area contributed by atoms with Gasteiger partial charge in [0.05, 0.1) is 23.8 Å². The Kier molecular flexibility index (Phi) is 7.85. The van der Waals surface area contributed by atoms with Gasteiger partial charge in [0.25, 0.3) is 0 Å². The highest BCUT2D eigenvalue weighted by molar-refractivity contribution is 9.10. The molecule has 0 saturated heterocycles. The monoisotopic (exact) mass is 541 g/mol. The second-order valence-corrected chi connectivity index (χ2v) is 10.0. The lowest BCUT2D eigenvalue weighted by Gasteiger charge is -2.34. The zero-order valence-corrected chi connectivity index (χ0v) is 22.2. The number of hydrogen-bond donors (Lipinski definition) is 1. The molecule has 1 aliphatic carbocycles. The van der Waals surface area contributed by atoms with Crippen LogP contribution >= 0.6 is 15.9 Å². The van der Waals surface area contributed by atoms with Gasteiger partial charge in [0.1, 0.15) is 5.75 Å². The maximum atomic E-state index is 13.5. The van der Waals surface area contributed by atoms with Gasteiger partial charge >= 0.3 is 0 Å². The Balaban J connectivity index is 1.66. The van der Waals surface area contributed by atoms with E-state index in [-0.39, 0.29) is 36.1 Å². The third kappa shape index (κ3) is 5.56. The highest BCUT2D eigenvalue weighted by Gasteiger charge is 2.38. The first-order valence-electron chi connectivity index (χ1n) is 12.2. The summed E-state index contributed by atoms with van der Waals surface area (Å²) in [5, 5.41) is 3.00. The van der Waals surface area contributed by atoms with Crippen molar-refractivity contribution in [3.8, 4) is 17.2 Å². The number of nitrogens with one attached hydrogen (secondary N) is 1. The first-order chi connectivity index (χ1) is 16.8. The minimum absolute atomic E-state index is 0.0134. The van der Waals surface area contributed by atoms with Crippen LogP contribution < -0.4 is 19.5 Å². The van der Waals surface area contributed by atoms with Crippen LogP contribution in [-0.4, -0.2) is 31.0 Å². The molecule has 0 spiro atoms. The summed E-state index contributed by atoms with van der Waals surface area (Å²) < 4.78 is 18.1. The van der Waals surface area contributed by atoms with Crippen molar-refractivity contribution in [3.63, 3.8) is 0 Å². The number of carbonyl (C=O) groups excluding carboxylic acids is 2. The predicted octanol–water partition coefficient (Wildman–Crippen LogP) is 6.04. The van der Waals surface area contributed by atoms with Crippen LogP contribution in [-0.2, 0) is 9.59 Å². The molecule has 0 fully saturated rings. The third-order valence-corrected chi connectivity index (χ3v) is 6.87. The number of hydrogen-bond acceptors (Lipinski definition) is 5. The third-order valence-electron chi connectivity index (χ3n) is 6.28. The van der Waals surface area contributed by atoms with E-state index >= 15 is 0 Å². The van der Waals surface area contributed by atoms with Crippen LogP contribution in [0.1, 0.15) is 69.9 Å². The van der Waals surface area contributed by atoms with E-state index in [2.05, 4.69) is 21.2 Å². The molecule has 1 aliphatic heterocycles. The van der Waals surface area contributed by atoms with Crippen LogP contribution in [0.25, 0.3) is 0 Å². The molecule has 0 saturated carbocycles. The summed E-state index contributed by atoms with van der Waals surface area (Å²) in [6.45, 7) is 8.80. The molecule has 2 aromatic rings. The van der Waals surface area contributed by atoms with Gasteiger partial charge in [-0.25, -0.2) is 0 Å². The van der Waals surface area contributed by atoms with Gasteiger partial charge in [0, 0.05) is 30.0 Å². The van der Waals surface area contributed by atoms with Crippen LogP contribution in [0.3, 0.4) is 0 Å². The maximum Gasteiger partial charge on any atom is 0.225 e. The van der Waals surface area contributed by atoms with E-state index < -0.39 is 0 Å². The Bertz CT molecular complexity index is 1140. The molecule has 0 bridgehead atoms. The average molecular weight is 542 g/mol. The van der Waals surface area contributed by atoms with E-state index in [0.29, 0.717) is 43.1 Å². The molecule has 1 heterocycles. The van der Waals surface area contributed by atoms with Crippen molar-refractivity contribution in [2.75, 3.05) is 13.2 Å². The van der Waals surface area contributed by atoms with Crippen LogP contribution in [0.5, 0.6) is 17.2 Å². The van der Waals surface area contributed by atoms with Crippen LogP contribution in [0.15, 0.2) is 52.1 Å². The van der Waals surface area contributed by atoms with Crippen LogP contribution in [0.4, 0.5) is 0 Å². The molecule has 35 heavy (non-hydrogen) atoms. The summed E-state index contributed by atoms with van der Waals surface area (Å²) in [4.78, 5) is 26.2. The smallest absolute Gasteiger partial charge is 0.225 e. The summed E-state index contributed by atoms with van der Waals surface area (Å²) in [5.41, 5.74) is 3.38. The molecule has 0 radical (unpaired) electrons. The second-order valence-electron chi connectivity index (χ2n) is 9.16. The predicted molar refractivity (Wildman–Crippen MR) is 138 cm³/mol. The summed E-state index contributed by atoms with van der Waals surface area (Å²) in [6, 6.07) is 11.8. The van der Waals surface area contributed by atoms with Gasteiger partial charge in [-0.2, -0.15) is 0 Å². The zero-order valence-electron chi connectivity index (χ0n) is 20.7. The number of rotatable bonds is 8. The van der Waals surface area contributed by atoms with E-state index in [4.69, 9.17) is 14.2 Å². The minimum Gasteiger partial charge on any atom is -0.491 e. The Morgan fingerprint density at radius 3 is 2.34 bits per heavy atom. The summed E-state index contributed by atoms with van der Waals surface area (Å²) in [6.07, 6.45) is 1.35. The van der Waals surface area contributed by atoms with E-state index in [1.807, 2.05) is 64.1 Å². The van der Waals surface area contributed by atoms with Gasteiger partial charge in [0.2, 0.25) is 5.91 Å². The Morgan fingerprint density at radius 2 is 1.69 bits per heavy atom. The van der Waals surface area contributed by atoms with Crippen molar-refractivity contribution in [1.82, 2.24) is 5.32 Å². The fourth-order valence-corrected chi connectivity index (χ4v) is 5.48. The number of ether oxygens (including phenoxy) is 3. The molecule has 6 nitrogen and oxygen atoms in total. The van der Waals surface area contributed by atoms with Gasteiger partial charge in [-0.1, -0.05) is 12.1 Å². The lowest BCUT2D eigenvalue weighted by atomic mass is 9.73. The first kappa shape index (κ1) is 25.3. The lowest BCUT2D eigenvalue weighted by Crippen LogP contribution is -2.38. The molecular formula is C28H32BrNO5. The van der Waals surface area contributed by atoms with E-state index in [1.54, 1.807) is 0 Å². The van der Waals surface area contributed by atoms with E-state index in [1.165, 1.54) is 0 Å². The SMILES string of the molecule is CCOc1cc(C2CC(=O)NC3=C2C(=O)CC(c2ccc(OC(C)C)cc2)C3)cc(Br)c1OCC. The van der Waals surface area contributed by atoms with Gasteiger partial charge < -0.3 is 19.5 Å². The number of allylic oxidation sites excluding steroid dienone is 2. The molecule has 2 aromatic carbocycles. The second kappa shape index (κ2) is 10.9. The fraction of sp³-hybridized carbons (Fsp3) is 0.429. The van der Waals surface area contributed by atoms with Crippen molar-refractivity contribution in [1.29, 1.82) is 0 Å². The van der Waals surface area contributed by atoms with Crippen molar-refractivity contribution in [2.45, 2.75) is 64.9 Å². The Hall–Kier alpha value is -2.80. The molecule has 2 unspecified atom stereocenters. The number of amides is 1. The molecule has 7 heteroatoms. The summed E-state index contributed by atoms with van der Waals surface area (Å²) in [5.74, 6) is 1.74. The fourth-order valence-electron chi connectivity index (χ4n) is 4.91. The van der Waals surface area contributed by atoms with E-state index in [0.717, 1.165) is 27.0 Å². The van der Waals surface area contributed by atoms with Crippen LogP contribution in [0, 0.1) is 0 Å². The minimum atomic E-state index is -0.319. The Morgan fingerprint density at radius 1 is 0.971 bits per heavy atom. The zero-order chi connectivity index (χ0) is 25.1. The van der Waals surface area contributed by atoms with Crippen molar-refractivity contribution >= 4 is 27.6 Å². The standard InChI is InChI=1S/C28H32BrNO5/c1-5-33-25-14-19(11-22(29)28(25)34-6-2)21-15-26(32)30-23-12-18(13-24(31)27(21)23)17-7-9-20(10-8-17)35-16(3)4/h7-11,14,16,18,21H,5-6,12-13,15H2,1-4H3,(H,30,32). The number of halogens is 1. The maximum absolute atomic E-state index is 13.5. The molecule has 1 amide bonds. The first-order valence-corrected chi connectivity index (χ1v) is 13.0. The van der Waals surface area contributed by atoms with Crippen molar-refractivity contribution < 1.29 is 23.8 Å². The summed E-state index contributed by atoms with van der Waals surface area (Å²) in [7, 11) is 0. The van der Waals surface area contributed by atoms with Gasteiger partial charge in [-0.15, -0.1) is 0 Å². The molecule has 2 aliphatic rings. The number of benzene rings is 2. The number of carbonyl (C=O) groups is 2. The quantitative estimate of drug-likeness (QED) is 0.441. The van der Waals surface area contributed by atoms with Gasteiger partial charge in [0.15, 0.2) is 17.3 Å². The van der Waals surface area contributed by atoms with E-state index in [9.17, 15) is 9.59 Å². The Labute approximate surface area is 215 Å². The van der Waals surface area contributed by atoms with Gasteiger partial charge in [-0.3, -0.25) is 9.59 Å². The number of Topliss-reactive ketones (excluding diaryl/α,β-unsaturated/α-hetero) is 1. The van der Waals surface area contributed by atoms with Crippen molar-refractivity contribution in [2.24, 2.45) is 0 Å². The molecule has 4 rings (SSSR count). The lowest BCUT2D eigenvalue weighted by molar-refractivity contribution is -0.122. The highest BCUT2D eigenvalue weighted by Crippen LogP contribution is 2.46. The van der Waals surface area contributed by atoms with Crippen LogP contribution in [0.2, 0.25) is 0 Å².